The summed E-state index contributed by atoms with van der Waals surface area (Å²) in [5, 5.41) is 33.1. The number of Topliss-reactive ketones (excluding diaryl/α,β-unsaturated/α-hetero) is 1. The lowest BCUT2D eigenvalue weighted by molar-refractivity contribution is -0.870. The third-order valence-electron chi connectivity index (χ3n) is 10.5. The van der Waals surface area contributed by atoms with Gasteiger partial charge in [0.1, 0.15) is 23.2 Å². The minimum absolute atomic E-state index is 0.00585. The number of aliphatic hydroxyl groups is 1. The molecular weight excluding hydrogens is 635 g/mol. The van der Waals surface area contributed by atoms with E-state index >= 15 is 0 Å². The molecule has 51 heavy (non-hydrogen) atoms. The van der Waals surface area contributed by atoms with Gasteiger partial charge in [0, 0.05) is 50.2 Å². The first-order valence-corrected chi connectivity index (χ1v) is 20.4. The number of nitrogens with zero attached hydrogens (tertiary/aromatic N) is 3. The first-order valence-electron chi connectivity index (χ1n) is 20.4. The van der Waals surface area contributed by atoms with Gasteiger partial charge in [-0.2, -0.15) is 0 Å². The van der Waals surface area contributed by atoms with Gasteiger partial charge in [0.2, 0.25) is 0 Å². The number of quaternary nitrogens is 1. The van der Waals surface area contributed by atoms with E-state index < -0.39 is 5.92 Å². The summed E-state index contributed by atoms with van der Waals surface area (Å²) in [7, 11) is 8.65. The Morgan fingerprint density at radius 2 is 1.06 bits per heavy atom. The molecule has 1 atom stereocenters. The molecule has 0 heterocycles. The van der Waals surface area contributed by atoms with Gasteiger partial charge in [-0.25, -0.2) is 0 Å². The Bertz CT molecular complexity index is 1310. The highest BCUT2D eigenvalue weighted by atomic mass is 16.3. The van der Waals surface area contributed by atoms with Gasteiger partial charge in [-0.15, -0.1) is 0 Å². The van der Waals surface area contributed by atoms with Crippen LogP contribution in [0.5, 0.6) is 11.5 Å². The van der Waals surface area contributed by atoms with E-state index in [4.69, 9.17) is 0 Å². The summed E-state index contributed by atoms with van der Waals surface area (Å²) in [5.41, 5.74) is 2.59. The summed E-state index contributed by atoms with van der Waals surface area (Å²) in [6, 6.07) is 11.2. The molecule has 3 rings (SSSR count). The number of unbranched alkanes of at least 4 members (excludes halogenated alkanes) is 15. The maximum absolute atomic E-state index is 13.5. The predicted octanol–water partition coefficient (Wildman–Crippen LogP) is 10.7. The lowest BCUT2D eigenvalue weighted by atomic mass is 9.74. The van der Waals surface area contributed by atoms with E-state index in [1.165, 1.54) is 109 Å². The second-order valence-corrected chi connectivity index (χ2v) is 16.1. The van der Waals surface area contributed by atoms with E-state index in [0.29, 0.717) is 5.69 Å². The Morgan fingerprint density at radius 3 is 1.53 bits per heavy atom. The third-order valence-corrected chi connectivity index (χ3v) is 10.5. The second-order valence-electron chi connectivity index (χ2n) is 16.1. The van der Waals surface area contributed by atoms with Gasteiger partial charge in [0.25, 0.3) is 0 Å². The van der Waals surface area contributed by atoms with Crippen molar-refractivity contribution in [1.29, 1.82) is 0 Å². The average molecular weight is 707 g/mol. The summed E-state index contributed by atoms with van der Waals surface area (Å²) >= 11 is 0. The number of hydrogen-bond donors (Lipinski definition) is 3. The molecular formula is C44H72N3O4+. The van der Waals surface area contributed by atoms with Crippen LogP contribution in [0.2, 0.25) is 0 Å². The van der Waals surface area contributed by atoms with Crippen LogP contribution in [0.15, 0.2) is 42.2 Å². The largest absolute Gasteiger partial charge is 0.510 e. The van der Waals surface area contributed by atoms with E-state index in [0.717, 1.165) is 48.2 Å². The molecule has 0 aromatic heterocycles. The maximum Gasteiger partial charge on any atom is 0.182 e. The zero-order valence-electron chi connectivity index (χ0n) is 33.2. The number of aromatic hydroxyl groups is 2. The zero-order valence-corrected chi connectivity index (χ0v) is 33.2. The highest BCUT2D eigenvalue weighted by Crippen LogP contribution is 2.49. The molecule has 1 unspecified atom stereocenters. The van der Waals surface area contributed by atoms with Crippen LogP contribution in [0.1, 0.15) is 146 Å². The van der Waals surface area contributed by atoms with Crippen molar-refractivity contribution in [3.63, 3.8) is 0 Å². The normalized spacial score (nSPS) is 14.6. The molecule has 0 fully saturated rings. The van der Waals surface area contributed by atoms with Crippen molar-refractivity contribution in [3.05, 3.63) is 53.3 Å². The third kappa shape index (κ3) is 13.7. The molecule has 2 aromatic carbocycles. The summed E-state index contributed by atoms with van der Waals surface area (Å²) in [5.74, 6) is -1.56. The number of phenolic OH excluding ortho intramolecular Hbond substituents is 2. The smallest absolute Gasteiger partial charge is 0.182 e. The van der Waals surface area contributed by atoms with Gasteiger partial charge in [-0.05, 0) is 49.8 Å². The van der Waals surface area contributed by atoms with Crippen molar-refractivity contribution in [2.45, 2.75) is 135 Å². The highest BCUT2D eigenvalue weighted by Gasteiger charge is 2.43. The number of phenols is 2. The second kappa shape index (κ2) is 22.0. The first kappa shape index (κ1) is 42.2. The molecule has 3 N–H and O–H groups in total. The maximum atomic E-state index is 13.5. The van der Waals surface area contributed by atoms with Crippen molar-refractivity contribution in [2.24, 2.45) is 0 Å². The molecule has 286 valence electrons. The SMILES string of the molecule is CCCCCCCCN(CCCCCCCC)c1ccc(C2C(=O)C(c3c(O)cc(N(C)CCCCCCCC[N+](C)(C)C)cc3O)=C2O)cc1. The summed E-state index contributed by atoms with van der Waals surface area (Å²) < 4.78 is 1.01. The van der Waals surface area contributed by atoms with Crippen molar-refractivity contribution in [3.8, 4) is 11.5 Å². The molecule has 0 saturated heterocycles. The summed E-state index contributed by atoms with van der Waals surface area (Å²) in [4.78, 5) is 18.0. The molecule has 2 aromatic rings. The Kier molecular flexibility index (Phi) is 18.2. The molecule has 0 radical (unpaired) electrons. The van der Waals surface area contributed by atoms with Crippen LogP contribution >= 0.6 is 0 Å². The van der Waals surface area contributed by atoms with Gasteiger partial charge in [0.15, 0.2) is 5.78 Å². The molecule has 0 bridgehead atoms. The molecule has 0 amide bonds. The van der Waals surface area contributed by atoms with Crippen molar-refractivity contribution in [1.82, 2.24) is 0 Å². The Hall–Kier alpha value is -3.19. The van der Waals surface area contributed by atoms with Gasteiger partial charge in [0.05, 0.1) is 38.8 Å². The zero-order chi connectivity index (χ0) is 37.2. The molecule has 7 nitrogen and oxygen atoms in total. The predicted molar refractivity (Wildman–Crippen MR) is 216 cm³/mol. The molecule has 0 spiro atoms. The molecule has 1 aliphatic carbocycles. The quantitative estimate of drug-likeness (QED) is 0.0633. The Morgan fingerprint density at radius 1 is 0.608 bits per heavy atom. The number of hydrogen-bond acceptors (Lipinski definition) is 6. The Labute approximate surface area is 311 Å². The molecule has 0 saturated carbocycles. The van der Waals surface area contributed by atoms with Crippen LogP contribution in [0.25, 0.3) is 5.57 Å². The van der Waals surface area contributed by atoms with E-state index in [-0.39, 0.29) is 34.2 Å². The number of aliphatic hydroxyl groups excluding tert-OH is 1. The number of allylic oxidation sites excluding steroid dienone is 2. The minimum atomic E-state index is -0.784. The fourth-order valence-corrected chi connectivity index (χ4v) is 7.28. The number of carbonyl (C=O) groups excluding carboxylic acids is 1. The van der Waals surface area contributed by atoms with Crippen LogP contribution in [0.4, 0.5) is 11.4 Å². The molecule has 0 aliphatic heterocycles. The molecule has 1 aliphatic rings. The monoisotopic (exact) mass is 707 g/mol. The van der Waals surface area contributed by atoms with E-state index in [2.05, 4.69) is 52.0 Å². The van der Waals surface area contributed by atoms with Gasteiger partial charge < -0.3 is 29.6 Å². The Balaban J connectivity index is 1.59. The highest BCUT2D eigenvalue weighted by molar-refractivity contribution is 6.33. The summed E-state index contributed by atoms with van der Waals surface area (Å²) in [6.45, 7) is 8.57. The van der Waals surface area contributed by atoms with Crippen LogP contribution in [-0.4, -0.2) is 80.0 Å². The number of anilines is 2. The number of carbonyl (C=O) groups is 1. The fraction of sp³-hybridized carbons (Fsp3) is 0.659. The average Bonchev–Trinajstić information content (AvgIpc) is 3.09. The van der Waals surface area contributed by atoms with Crippen molar-refractivity contribution >= 4 is 22.7 Å². The van der Waals surface area contributed by atoms with E-state index in [1.807, 2.05) is 24.1 Å². The fourth-order valence-electron chi connectivity index (χ4n) is 7.28. The van der Waals surface area contributed by atoms with E-state index in [1.54, 1.807) is 12.1 Å². The first-order chi connectivity index (χ1) is 24.5. The number of ketones is 1. The van der Waals surface area contributed by atoms with Gasteiger partial charge in [-0.3, -0.25) is 4.79 Å². The van der Waals surface area contributed by atoms with Crippen LogP contribution < -0.4 is 9.80 Å². The van der Waals surface area contributed by atoms with Crippen molar-refractivity contribution in [2.75, 3.05) is 64.2 Å². The van der Waals surface area contributed by atoms with Crippen LogP contribution in [-0.2, 0) is 4.79 Å². The number of benzene rings is 2. The topological polar surface area (TPSA) is 84.2 Å². The lowest BCUT2D eigenvalue weighted by Gasteiger charge is -2.30. The minimum Gasteiger partial charge on any atom is -0.510 e. The van der Waals surface area contributed by atoms with Crippen molar-refractivity contribution < 1.29 is 24.6 Å². The lowest BCUT2D eigenvalue weighted by Crippen LogP contribution is -2.35. The number of rotatable bonds is 27. The van der Waals surface area contributed by atoms with Crippen LogP contribution in [0.3, 0.4) is 0 Å². The van der Waals surface area contributed by atoms with E-state index in [9.17, 15) is 20.1 Å². The summed E-state index contributed by atoms with van der Waals surface area (Å²) in [6.07, 6.45) is 22.3. The van der Waals surface area contributed by atoms with Crippen LogP contribution in [0, 0.1) is 0 Å². The standard InChI is InChI=1S/C44H71N3O4/c1-7-9-11-13-18-22-30-46(31-23-19-14-12-10-8-2)36-27-25-35(26-28-36)40-43(50)42(44(40)51)41-38(48)33-37(34-39(41)49)45(3)29-21-17-15-16-20-24-32-47(4,5)6/h25-28,33-34,40H,7-24,29-32H2,1-6H3,(H2-,48,49,50,51)/p+1. The molecule has 7 heteroatoms. The van der Waals surface area contributed by atoms with Gasteiger partial charge in [-0.1, -0.05) is 109 Å². The van der Waals surface area contributed by atoms with Gasteiger partial charge >= 0.3 is 0 Å².